The summed E-state index contributed by atoms with van der Waals surface area (Å²) < 4.78 is 13.9. The van der Waals surface area contributed by atoms with Crippen molar-refractivity contribution < 1.29 is 14.0 Å². The Balaban J connectivity index is 2.60. The van der Waals surface area contributed by atoms with Crippen LogP contribution < -0.4 is 5.73 Å². The fourth-order valence-corrected chi connectivity index (χ4v) is 1.78. The van der Waals surface area contributed by atoms with E-state index < -0.39 is 5.82 Å². The molecule has 2 rings (SSSR count). The summed E-state index contributed by atoms with van der Waals surface area (Å²) in [5, 5.41) is 0. The molecular formula is C14H11FN2O2. The molecule has 1 heterocycles. The van der Waals surface area contributed by atoms with Crippen molar-refractivity contribution in [1.82, 2.24) is 4.98 Å². The number of carbonyl (C=O) groups is 2. The van der Waals surface area contributed by atoms with Crippen molar-refractivity contribution in [2.45, 2.75) is 6.92 Å². The molecule has 2 N–H and O–H groups in total. The molecule has 0 aliphatic carbocycles. The number of ketones is 1. The largest absolute Gasteiger partial charge is 0.396 e. The second-order valence-corrected chi connectivity index (χ2v) is 4.05. The Bertz CT molecular complexity index is 654. The van der Waals surface area contributed by atoms with Crippen LogP contribution in [-0.4, -0.2) is 17.1 Å². The number of hydrogen-bond donors (Lipinski definition) is 1. The molecule has 0 radical (unpaired) electrons. The third kappa shape index (κ3) is 2.22. The Morgan fingerprint density at radius 3 is 2.58 bits per heavy atom. The van der Waals surface area contributed by atoms with E-state index in [4.69, 9.17) is 5.73 Å². The van der Waals surface area contributed by atoms with E-state index in [0.29, 0.717) is 11.8 Å². The Morgan fingerprint density at radius 1 is 1.37 bits per heavy atom. The number of pyridine rings is 1. The summed E-state index contributed by atoms with van der Waals surface area (Å²) in [5.41, 5.74) is 5.84. The van der Waals surface area contributed by atoms with E-state index >= 15 is 0 Å². The summed E-state index contributed by atoms with van der Waals surface area (Å²) in [4.78, 5) is 26.9. The zero-order valence-electron chi connectivity index (χ0n) is 10.2. The lowest BCUT2D eigenvalue weighted by molar-refractivity contribution is 0.103. The van der Waals surface area contributed by atoms with Crippen molar-refractivity contribution in [3.8, 4) is 0 Å². The number of nitrogens with two attached hydrogens (primary N) is 1. The van der Waals surface area contributed by atoms with Gasteiger partial charge in [-0.05, 0) is 30.7 Å². The van der Waals surface area contributed by atoms with Crippen molar-refractivity contribution in [1.29, 1.82) is 0 Å². The second kappa shape index (κ2) is 4.97. The van der Waals surface area contributed by atoms with Crippen molar-refractivity contribution >= 4 is 17.8 Å². The number of benzene rings is 1. The standard InChI is InChI=1S/C14H11FN2O2/c1-8-11(6-10(7-18)13(16)12(8)15)14(19)9-2-4-17-5-3-9/h2-7H,16H2,1H3. The van der Waals surface area contributed by atoms with Crippen molar-refractivity contribution in [3.63, 3.8) is 0 Å². The molecule has 0 saturated heterocycles. The molecule has 1 aromatic carbocycles. The minimum absolute atomic E-state index is 0.0273. The number of carbonyl (C=O) groups excluding carboxylic acids is 2. The summed E-state index contributed by atoms with van der Waals surface area (Å²) in [5.74, 6) is -1.11. The topological polar surface area (TPSA) is 73.0 Å². The molecule has 0 bridgehead atoms. The van der Waals surface area contributed by atoms with E-state index in [-0.39, 0.29) is 28.2 Å². The van der Waals surface area contributed by atoms with Gasteiger partial charge >= 0.3 is 0 Å². The number of rotatable bonds is 3. The van der Waals surface area contributed by atoms with E-state index in [1.54, 1.807) is 0 Å². The predicted octanol–water partition coefficient (Wildman–Crippen LogP) is 2.15. The van der Waals surface area contributed by atoms with Crippen LogP contribution in [0.2, 0.25) is 0 Å². The number of nitrogen functional groups attached to an aromatic ring is 1. The maximum atomic E-state index is 13.9. The van der Waals surface area contributed by atoms with Crippen LogP contribution in [0.15, 0.2) is 30.6 Å². The van der Waals surface area contributed by atoms with Gasteiger partial charge in [-0.1, -0.05) is 0 Å². The molecule has 0 saturated carbocycles. The predicted molar refractivity (Wildman–Crippen MR) is 68.6 cm³/mol. The highest BCUT2D eigenvalue weighted by Gasteiger charge is 2.18. The maximum absolute atomic E-state index is 13.9. The van der Waals surface area contributed by atoms with Crippen molar-refractivity contribution in [2.24, 2.45) is 0 Å². The van der Waals surface area contributed by atoms with E-state index in [9.17, 15) is 14.0 Å². The van der Waals surface area contributed by atoms with Gasteiger partial charge < -0.3 is 5.73 Å². The van der Waals surface area contributed by atoms with Crippen LogP contribution in [0.4, 0.5) is 10.1 Å². The van der Waals surface area contributed by atoms with Gasteiger partial charge in [0, 0.05) is 29.1 Å². The van der Waals surface area contributed by atoms with E-state index in [1.807, 2.05) is 0 Å². The number of aldehydes is 1. The molecule has 0 fully saturated rings. The van der Waals surface area contributed by atoms with Crippen LogP contribution >= 0.6 is 0 Å². The lowest BCUT2D eigenvalue weighted by Crippen LogP contribution is -2.09. The molecule has 19 heavy (non-hydrogen) atoms. The zero-order chi connectivity index (χ0) is 14.0. The fraction of sp³-hybridized carbons (Fsp3) is 0.0714. The molecule has 5 heteroatoms. The van der Waals surface area contributed by atoms with Gasteiger partial charge in [-0.3, -0.25) is 14.6 Å². The molecule has 0 aliphatic heterocycles. The van der Waals surface area contributed by atoms with Crippen molar-refractivity contribution in [2.75, 3.05) is 5.73 Å². The number of hydrogen-bond acceptors (Lipinski definition) is 4. The number of halogens is 1. The summed E-state index contributed by atoms with van der Waals surface area (Å²) in [6.07, 6.45) is 3.37. The lowest BCUT2D eigenvalue weighted by Gasteiger charge is -2.10. The van der Waals surface area contributed by atoms with Crippen LogP contribution in [-0.2, 0) is 0 Å². The monoisotopic (exact) mass is 258 g/mol. The zero-order valence-corrected chi connectivity index (χ0v) is 10.2. The van der Waals surface area contributed by atoms with Gasteiger partial charge in [0.05, 0.1) is 5.69 Å². The number of anilines is 1. The van der Waals surface area contributed by atoms with Gasteiger partial charge in [0.25, 0.3) is 0 Å². The number of aromatic nitrogens is 1. The third-order valence-corrected chi connectivity index (χ3v) is 2.89. The molecule has 0 atom stereocenters. The molecular weight excluding hydrogens is 247 g/mol. The van der Waals surface area contributed by atoms with E-state index in [2.05, 4.69) is 4.98 Å². The van der Waals surface area contributed by atoms with Crippen LogP contribution in [0.5, 0.6) is 0 Å². The van der Waals surface area contributed by atoms with E-state index in [1.165, 1.54) is 37.5 Å². The fourth-order valence-electron chi connectivity index (χ4n) is 1.78. The Labute approximate surface area is 109 Å². The molecule has 96 valence electrons. The van der Waals surface area contributed by atoms with Gasteiger partial charge in [-0.15, -0.1) is 0 Å². The van der Waals surface area contributed by atoms with Crippen LogP contribution in [0, 0.1) is 12.7 Å². The highest BCUT2D eigenvalue weighted by atomic mass is 19.1. The molecule has 0 amide bonds. The minimum Gasteiger partial charge on any atom is -0.396 e. The summed E-state index contributed by atoms with van der Waals surface area (Å²) >= 11 is 0. The number of nitrogens with zero attached hydrogens (tertiary/aromatic N) is 1. The summed E-state index contributed by atoms with van der Waals surface area (Å²) in [6, 6.07) is 4.36. The van der Waals surface area contributed by atoms with Crippen LogP contribution in [0.3, 0.4) is 0 Å². The highest BCUT2D eigenvalue weighted by molar-refractivity contribution is 6.11. The van der Waals surface area contributed by atoms with Crippen LogP contribution in [0.1, 0.15) is 31.8 Å². The minimum atomic E-state index is -0.734. The molecule has 1 aromatic heterocycles. The van der Waals surface area contributed by atoms with Gasteiger partial charge in [0.15, 0.2) is 12.1 Å². The molecule has 2 aromatic rings. The normalized spacial score (nSPS) is 10.2. The summed E-state index contributed by atoms with van der Waals surface area (Å²) in [6.45, 7) is 1.45. The average Bonchev–Trinajstić information content (AvgIpc) is 2.45. The van der Waals surface area contributed by atoms with Gasteiger partial charge in [0.1, 0.15) is 5.82 Å². The first-order valence-corrected chi connectivity index (χ1v) is 5.54. The van der Waals surface area contributed by atoms with Gasteiger partial charge in [0.2, 0.25) is 0 Å². The van der Waals surface area contributed by atoms with Gasteiger partial charge in [-0.25, -0.2) is 4.39 Å². The molecule has 0 spiro atoms. The maximum Gasteiger partial charge on any atom is 0.193 e. The average molecular weight is 258 g/mol. The Morgan fingerprint density at radius 2 is 2.00 bits per heavy atom. The summed E-state index contributed by atoms with van der Waals surface area (Å²) in [7, 11) is 0. The first kappa shape index (κ1) is 12.9. The van der Waals surface area contributed by atoms with E-state index in [0.717, 1.165) is 0 Å². The third-order valence-electron chi connectivity index (χ3n) is 2.89. The quantitative estimate of drug-likeness (QED) is 0.520. The lowest BCUT2D eigenvalue weighted by atomic mass is 9.96. The Hall–Kier alpha value is -2.56. The van der Waals surface area contributed by atoms with Crippen molar-refractivity contribution in [3.05, 3.63) is 58.7 Å². The highest BCUT2D eigenvalue weighted by Crippen LogP contribution is 2.24. The first-order chi connectivity index (χ1) is 9.06. The molecule has 0 unspecified atom stereocenters. The van der Waals surface area contributed by atoms with Crippen LogP contribution in [0.25, 0.3) is 0 Å². The Kier molecular flexibility index (Phi) is 3.37. The molecule has 0 aliphatic rings. The first-order valence-electron chi connectivity index (χ1n) is 5.54. The SMILES string of the molecule is Cc1c(C(=O)c2ccncc2)cc(C=O)c(N)c1F. The van der Waals surface area contributed by atoms with Gasteiger partial charge in [-0.2, -0.15) is 0 Å². The smallest absolute Gasteiger partial charge is 0.193 e. The second-order valence-electron chi connectivity index (χ2n) is 4.05. The molecule has 4 nitrogen and oxygen atoms in total.